The predicted octanol–water partition coefficient (Wildman–Crippen LogP) is 3.45. The fourth-order valence-corrected chi connectivity index (χ4v) is 1.78. The Morgan fingerprint density at radius 1 is 1.30 bits per heavy atom. The van der Waals surface area contributed by atoms with E-state index in [1.165, 1.54) is 37.4 Å². The van der Waals surface area contributed by atoms with Crippen LogP contribution in [0.4, 0.5) is 10.1 Å². The zero-order valence-electron chi connectivity index (χ0n) is 10.5. The molecule has 0 atom stereocenters. The molecule has 2 N–H and O–H groups in total. The van der Waals surface area contributed by atoms with Gasteiger partial charge >= 0.3 is 0 Å². The van der Waals surface area contributed by atoms with Gasteiger partial charge in [-0.1, -0.05) is 11.6 Å². The van der Waals surface area contributed by atoms with Crippen LogP contribution < -0.4 is 10.1 Å². The van der Waals surface area contributed by atoms with Crippen LogP contribution in [0.2, 0.25) is 5.02 Å². The van der Waals surface area contributed by atoms with E-state index in [1.807, 2.05) is 0 Å². The molecule has 6 heteroatoms. The Morgan fingerprint density at radius 3 is 2.65 bits per heavy atom. The van der Waals surface area contributed by atoms with Crippen LogP contribution in [0, 0.1) is 5.82 Å². The number of halogens is 2. The van der Waals surface area contributed by atoms with E-state index in [1.54, 1.807) is 0 Å². The molecule has 2 rings (SSSR count). The van der Waals surface area contributed by atoms with E-state index >= 15 is 0 Å². The number of methoxy groups -OCH3 is 1. The third-order valence-corrected chi connectivity index (χ3v) is 2.92. The smallest absolute Gasteiger partial charge is 0.255 e. The Morgan fingerprint density at radius 2 is 2.05 bits per heavy atom. The Hall–Kier alpha value is -2.27. The van der Waals surface area contributed by atoms with Crippen molar-refractivity contribution < 1.29 is 19.0 Å². The first-order chi connectivity index (χ1) is 9.51. The number of phenolic OH excluding ortho intramolecular Hbond substituents is 1. The Labute approximate surface area is 119 Å². The van der Waals surface area contributed by atoms with Gasteiger partial charge < -0.3 is 15.2 Å². The minimum Gasteiger partial charge on any atom is -0.506 e. The van der Waals surface area contributed by atoms with E-state index in [9.17, 15) is 14.3 Å². The van der Waals surface area contributed by atoms with Gasteiger partial charge in [0.05, 0.1) is 12.1 Å². The molecule has 0 aliphatic heterocycles. The number of nitrogens with one attached hydrogen (secondary N) is 1. The molecule has 0 spiro atoms. The van der Waals surface area contributed by atoms with E-state index in [0.29, 0.717) is 5.69 Å². The quantitative estimate of drug-likeness (QED) is 0.853. The number of carbonyl (C=O) groups excluding carboxylic acids is 1. The van der Waals surface area contributed by atoms with Crippen molar-refractivity contribution >= 4 is 23.2 Å². The molecule has 0 saturated heterocycles. The van der Waals surface area contributed by atoms with Crippen molar-refractivity contribution in [1.29, 1.82) is 0 Å². The van der Waals surface area contributed by atoms with Crippen LogP contribution in [-0.2, 0) is 0 Å². The summed E-state index contributed by atoms with van der Waals surface area (Å²) < 4.78 is 18.3. The molecule has 0 radical (unpaired) electrons. The van der Waals surface area contributed by atoms with Gasteiger partial charge in [-0.15, -0.1) is 0 Å². The third-order valence-electron chi connectivity index (χ3n) is 2.62. The third kappa shape index (κ3) is 3.00. The molecular formula is C14H11ClFNO3. The highest BCUT2D eigenvalue weighted by molar-refractivity contribution is 6.32. The van der Waals surface area contributed by atoms with Gasteiger partial charge in [0, 0.05) is 11.3 Å². The zero-order valence-corrected chi connectivity index (χ0v) is 11.2. The monoisotopic (exact) mass is 295 g/mol. The van der Waals surface area contributed by atoms with Crippen LogP contribution in [0.1, 0.15) is 10.4 Å². The van der Waals surface area contributed by atoms with Crippen molar-refractivity contribution in [1.82, 2.24) is 0 Å². The summed E-state index contributed by atoms with van der Waals surface area (Å²) in [6.07, 6.45) is 0. The van der Waals surface area contributed by atoms with Gasteiger partial charge in [0.1, 0.15) is 5.75 Å². The van der Waals surface area contributed by atoms with Crippen LogP contribution in [0.5, 0.6) is 11.5 Å². The molecule has 0 fully saturated rings. The fourth-order valence-electron chi connectivity index (χ4n) is 1.60. The SMILES string of the molecule is COc1ccc(C(=O)Nc2ccc(O)c(Cl)c2)cc1F. The van der Waals surface area contributed by atoms with E-state index in [-0.39, 0.29) is 22.1 Å². The lowest BCUT2D eigenvalue weighted by Crippen LogP contribution is -2.12. The van der Waals surface area contributed by atoms with Crippen molar-refractivity contribution in [2.45, 2.75) is 0 Å². The van der Waals surface area contributed by atoms with Crippen molar-refractivity contribution in [2.24, 2.45) is 0 Å². The van der Waals surface area contributed by atoms with Crippen LogP contribution in [-0.4, -0.2) is 18.1 Å². The summed E-state index contributed by atoms with van der Waals surface area (Å²) >= 11 is 5.73. The molecule has 20 heavy (non-hydrogen) atoms. The molecule has 4 nitrogen and oxygen atoms in total. The number of anilines is 1. The second-order valence-corrected chi connectivity index (χ2v) is 4.38. The topological polar surface area (TPSA) is 58.6 Å². The van der Waals surface area contributed by atoms with E-state index in [4.69, 9.17) is 16.3 Å². The second kappa shape index (κ2) is 5.79. The number of hydrogen-bond acceptors (Lipinski definition) is 3. The molecule has 0 aliphatic rings. The molecule has 0 saturated carbocycles. The number of aromatic hydroxyl groups is 1. The van der Waals surface area contributed by atoms with Gasteiger partial charge in [-0.05, 0) is 36.4 Å². The first kappa shape index (κ1) is 14.1. The van der Waals surface area contributed by atoms with E-state index < -0.39 is 11.7 Å². The van der Waals surface area contributed by atoms with Gasteiger partial charge in [-0.3, -0.25) is 4.79 Å². The van der Waals surface area contributed by atoms with Gasteiger partial charge in [-0.2, -0.15) is 0 Å². The average Bonchev–Trinajstić information content (AvgIpc) is 2.42. The number of phenols is 1. The normalized spacial score (nSPS) is 10.2. The maximum Gasteiger partial charge on any atom is 0.255 e. The van der Waals surface area contributed by atoms with Crippen LogP contribution in [0.15, 0.2) is 36.4 Å². The van der Waals surface area contributed by atoms with Gasteiger partial charge in [-0.25, -0.2) is 4.39 Å². The molecule has 104 valence electrons. The minimum atomic E-state index is -0.621. The average molecular weight is 296 g/mol. The Kier molecular flexibility index (Phi) is 4.10. The summed E-state index contributed by atoms with van der Waals surface area (Å²) in [4.78, 5) is 11.9. The molecule has 1 amide bonds. The summed E-state index contributed by atoms with van der Waals surface area (Å²) in [5.41, 5.74) is 0.543. The fraction of sp³-hybridized carbons (Fsp3) is 0.0714. The summed E-state index contributed by atoms with van der Waals surface area (Å²) in [5, 5.41) is 11.9. The lowest BCUT2D eigenvalue weighted by molar-refractivity contribution is 0.102. The van der Waals surface area contributed by atoms with Crippen molar-refractivity contribution in [3.05, 3.63) is 52.8 Å². The maximum atomic E-state index is 13.5. The first-order valence-electron chi connectivity index (χ1n) is 5.64. The van der Waals surface area contributed by atoms with Gasteiger partial charge in [0.15, 0.2) is 11.6 Å². The lowest BCUT2D eigenvalue weighted by Gasteiger charge is -2.08. The highest BCUT2D eigenvalue weighted by Crippen LogP contribution is 2.26. The summed E-state index contributed by atoms with van der Waals surface area (Å²) in [7, 11) is 1.34. The van der Waals surface area contributed by atoms with E-state index in [0.717, 1.165) is 6.07 Å². The number of ether oxygens (including phenoxy) is 1. The van der Waals surface area contributed by atoms with Crippen molar-refractivity contribution in [3.8, 4) is 11.5 Å². The summed E-state index contributed by atoms with van der Waals surface area (Å²) in [6, 6.07) is 8.13. The highest BCUT2D eigenvalue weighted by atomic mass is 35.5. The predicted molar refractivity (Wildman–Crippen MR) is 74.0 cm³/mol. The Bertz CT molecular complexity index is 661. The zero-order chi connectivity index (χ0) is 14.7. The van der Waals surface area contributed by atoms with Crippen LogP contribution >= 0.6 is 11.6 Å². The Balaban J connectivity index is 2.19. The number of amides is 1. The summed E-state index contributed by atoms with van der Waals surface area (Å²) in [5.74, 6) is -1.13. The molecule has 0 aromatic heterocycles. The molecule has 0 bridgehead atoms. The second-order valence-electron chi connectivity index (χ2n) is 3.97. The van der Waals surface area contributed by atoms with Gasteiger partial charge in [0.2, 0.25) is 0 Å². The van der Waals surface area contributed by atoms with Crippen LogP contribution in [0.3, 0.4) is 0 Å². The van der Waals surface area contributed by atoms with Crippen molar-refractivity contribution in [3.63, 3.8) is 0 Å². The minimum absolute atomic E-state index is 0.0641. The summed E-state index contributed by atoms with van der Waals surface area (Å²) in [6.45, 7) is 0. The van der Waals surface area contributed by atoms with E-state index in [2.05, 4.69) is 5.32 Å². The largest absolute Gasteiger partial charge is 0.506 e. The molecule has 0 aliphatic carbocycles. The van der Waals surface area contributed by atoms with Crippen LogP contribution in [0.25, 0.3) is 0 Å². The molecule has 0 unspecified atom stereocenters. The number of hydrogen-bond donors (Lipinski definition) is 2. The van der Waals surface area contributed by atoms with Crippen molar-refractivity contribution in [2.75, 3.05) is 12.4 Å². The number of benzene rings is 2. The molecule has 0 heterocycles. The lowest BCUT2D eigenvalue weighted by atomic mass is 10.2. The number of carbonyl (C=O) groups is 1. The number of rotatable bonds is 3. The molecule has 2 aromatic rings. The molecular weight excluding hydrogens is 285 g/mol. The first-order valence-corrected chi connectivity index (χ1v) is 6.02. The molecule has 2 aromatic carbocycles. The maximum absolute atomic E-state index is 13.5. The standard InChI is InChI=1S/C14H11ClFNO3/c1-20-13-5-2-8(6-11(13)16)14(19)17-9-3-4-12(18)10(15)7-9/h2-7,18H,1H3,(H,17,19). The highest BCUT2D eigenvalue weighted by Gasteiger charge is 2.11. The van der Waals surface area contributed by atoms with Gasteiger partial charge in [0.25, 0.3) is 5.91 Å².